The molecule has 0 saturated carbocycles. The summed E-state index contributed by atoms with van der Waals surface area (Å²) < 4.78 is 38.7. The van der Waals surface area contributed by atoms with Crippen LogP contribution in [0.3, 0.4) is 0 Å². The summed E-state index contributed by atoms with van der Waals surface area (Å²) in [7, 11) is 0. The van der Waals surface area contributed by atoms with E-state index in [1.54, 1.807) is 0 Å². The van der Waals surface area contributed by atoms with Crippen LogP contribution in [-0.4, -0.2) is 5.54 Å². The molecule has 0 fully saturated rings. The summed E-state index contributed by atoms with van der Waals surface area (Å²) in [6, 6.07) is 3.83. The maximum Gasteiger partial charge on any atom is 0.418 e. The van der Waals surface area contributed by atoms with Gasteiger partial charge in [-0.15, -0.1) is 0 Å². The van der Waals surface area contributed by atoms with Gasteiger partial charge >= 0.3 is 6.18 Å². The highest BCUT2D eigenvalue weighted by molar-refractivity contribution is 5.60. The van der Waals surface area contributed by atoms with Crippen molar-refractivity contribution in [3.63, 3.8) is 0 Å². The Hall–Kier alpha value is -1.39. The topological polar surface area (TPSA) is 38.0 Å². The van der Waals surface area contributed by atoms with E-state index in [-0.39, 0.29) is 16.9 Å². The number of nitrogens with two attached hydrogens (primary N) is 1. The minimum Gasteiger partial charge on any atom is -0.399 e. The number of rotatable bonds is 4. The lowest BCUT2D eigenvalue weighted by Crippen LogP contribution is -2.34. The first-order valence-electron chi connectivity index (χ1n) is 5.96. The Morgan fingerprint density at radius 3 is 2.17 bits per heavy atom. The summed E-state index contributed by atoms with van der Waals surface area (Å²) in [5, 5.41) is 2.98. The molecule has 0 aliphatic rings. The molecule has 102 valence electrons. The van der Waals surface area contributed by atoms with Crippen molar-refractivity contribution >= 4 is 11.4 Å². The molecule has 1 aromatic carbocycles. The van der Waals surface area contributed by atoms with Gasteiger partial charge in [-0.05, 0) is 38.0 Å². The Balaban J connectivity index is 3.17. The average Bonchev–Trinajstić information content (AvgIpc) is 2.30. The van der Waals surface area contributed by atoms with Gasteiger partial charge in [0.15, 0.2) is 0 Å². The molecule has 1 aromatic rings. The molecule has 2 nitrogen and oxygen atoms in total. The van der Waals surface area contributed by atoms with Crippen molar-refractivity contribution in [2.45, 2.75) is 45.3 Å². The molecule has 0 atom stereocenters. The van der Waals surface area contributed by atoms with Crippen molar-refractivity contribution in [3.05, 3.63) is 23.8 Å². The fraction of sp³-hybridized carbons (Fsp3) is 0.538. The third-order valence-electron chi connectivity index (χ3n) is 3.35. The number of hydrogen-bond acceptors (Lipinski definition) is 2. The maximum atomic E-state index is 12.9. The molecule has 18 heavy (non-hydrogen) atoms. The van der Waals surface area contributed by atoms with Crippen LogP contribution in [0.2, 0.25) is 0 Å². The second kappa shape index (κ2) is 5.08. The van der Waals surface area contributed by atoms with Crippen molar-refractivity contribution < 1.29 is 13.2 Å². The molecule has 0 spiro atoms. The predicted molar refractivity (Wildman–Crippen MR) is 68.5 cm³/mol. The standard InChI is InChI=1S/C13H19F3N2/c1-4-12(3,5-2)18-11-7-6-9(17)8-10(11)13(14,15)16/h6-8,18H,4-5,17H2,1-3H3. The van der Waals surface area contributed by atoms with Crippen LogP contribution in [0.5, 0.6) is 0 Å². The third-order valence-corrected chi connectivity index (χ3v) is 3.35. The second-order valence-electron chi connectivity index (χ2n) is 4.70. The van der Waals surface area contributed by atoms with Crippen LogP contribution >= 0.6 is 0 Å². The van der Waals surface area contributed by atoms with Gasteiger partial charge < -0.3 is 11.1 Å². The smallest absolute Gasteiger partial charge is 0.399 e. The first kappa shape index (κ1) is 14.7. The number of alkyl halides is 3. The van der Waals surface area contributed by atoms with Gasteiger partial charge in [-0.25, -0.2) is 0 Å². The fourth-order valence-electron chi connectivity index (χ4n) is 1.66. The Kier molecular flexibility index (Phi) is 4.14. The summed E-state index contributed by atoms with van der Waals surface area (Å²) in [6.45, 7) is 5.80. The molecular weight excluding hydrogens is 241 g/mol. The van der Waals surface area contributed by atoms with Gasteiger partial charge in [0.1, 0.15) is 0 Å². The first-order chi connectivity index (χ1) is 8.22. The monoisotopic (exact) mass is 260 g/mol. The van der Waals surface area contributed by atoms with Gasteiger partial charge in [0.2, 0.25) is 0 Å². The zero-order valence-electron chi connectivity index (χ0n) is 10.9. The normalized spacial score (nSPS) is 12.6. The molecule has 0 bridgehead atoms. The van der Waals surface area contributed by atoms with Crippen molar-refractivity contribution in [2.24, 2.45) is 0 Å². The molecule has 0 aromatic heterocycles. The van der Waals surface area contributed by atoms with Crippen molar-refractivity contribution in [2.75, 3.05) is 11.1 Å². The minimum atomic E-state index is -4.40. The summed E-state index contributed by atoms with van der Waals surface area (Å²) in [6.07, 6.45) is -2.92. The van der Waals surface area contributed by atoms with Crippen molar-refractivity contribution in [1.82, 2.24) is 0 Å². The van der Waals surface area contributed by atoms with E-state index in [9.17, 15) is 13.2 Å². The zero-order valence-corrected chi connectivity index (χ0v) is 10.9. The van der Waals surface area contributed by atoms with E-state index in [1.807, 2.05) is 20.8 Å². The molecule has 0 heterocycles. The van der Waals surface area contributed by atoms with Crippen LogP contribution in [0.4, 0.5) is 24.5 Å². The Morgan fingerprint density at radius 2 is 1.72 bits per heavy atom. The third kappa shape index (κ3) is 3.31. The average molecular weight is 260 g/mol. The van der Waals surface area contributed by atoms with E-state index in [4.69, 9.17) is 5.73 Å². The highest BCUT2D eigenvalue weighted by Crippen LogP contribution is 2.37. The molecule has 5 heteroatoms. The van der Waals surface area contributed by atoms with Gasteiger partial charge in [0.05, 0.1) is 5.56 Å². The van der Waals surface area contributed by atoms with Crippen molar-refractivity contribution in [1.29, 1.82) is 0 Å². The minimum absolute atomic E-state index is 0.0860. The summed E-state index contributed by atoms with van der Waals surface area (Å²) in [5.74, 6) is 0. The largest absolute Gasteiger partial charge is 0.418 e. The van der Waals surface area contributed by atoms with Gasteiger partial charge in [-0.3, -0.25) is 0 Å². The molecular formula is C13H19F3N2. The molecule has 3 N–H and O–H groups in total. The number of anilines is 2. The summed E-state index contributed by atoms with van der Waals surface area (Å²) in [5.41, 5.74) is 4.56. The second-order valence-corrected chi connectivity index (χ2v) is 4.70. The quantitative estimate of drug-likeness (QED) is 0.793. The van der Waals surface area contributed by atoms with Crippen LogP contribution in [0.1, 0.15) is 39.2 Å². The highest BCUT2D eigenvalue weighted by Gasteiger charge is 2.35. The molecule has 0 radical (unpaired) electrons. The lowest BCUT2D eigenvalue weighted by molar-refractivity contribution is -0.136. The molecule has 0 aliphatic heterocycles. The molecule has 0 unspecified atom stereocenters. The van der Waals surface area contributed by atoms with Crippen LogP contribution in [0.25, 0.3) is 0 Å². The Bertz CT molecular complexity index is 409. The van der Waals surface area contributed by atoms with Gasteiger partial charge in [-0.2, -0.15) is 13.2 Å². The zero-order chi connectivity index (χ0) is 14.0. The number of hydrogen-bond donors (Lipinski definition) is 2. The van der Waals surface area contributed by atoms with Crippen LogP contribution < -0.4 is 11.1 Å². The molecule has 0 aliphatic carbocycles. The molecule has 1 rings (SSSR count). The van der Waals surface area contributed by atoms with Gasteiger partial charge in [0, 0.05) is 16.9 Å². The molecule has 0 amide bonds. The summed E-state index contributed by atoms with van der Waals surface area (Å²) >= 11 is 0. The van der Waals surface area contributed by atoms with E-state index in [1.165, 1.54) is 12.1 Å². The number of halogens is 3. The SMILES string of the molecule is CCC(C)(CC)Nc1ccc(N)cc1C(F)(F)F. The Labute approximate surface area is 105 Å². The van der Waals surface area contributed by atoms with Crippen molar-refractivity contribution in [3.8, 4) is 0 Å². The lowest BCUT2D eigenvalue weighted by atomic mass is 9.94. The highest BCUT2D eigenvalue weighted by atomic mass is 19.4. The summed E-state index contributed by atoms with van der Waals surface area (Å²) in [4.78, 5) is 0. The van der Waals surface area contributed by atoms with E-state index >= 15 is 0 Å². The number of nitrogens with one attached hydrogen (secondary N) is 1. The maximum absolute atomic E-state index is 12.9. The molecule has 0 saturated heterocycles. The van der Waals surface area contributed by atoms with Crippen LogP contribution in [-0.2, 0) is 6.18 Å². The van der Waals surface area contributed by atoms with Gasteiger partial charge in [-0.1, -0.05) is 13.8 Å². The predicted octanol–water partition coefficient (Wildman–Crippen LogP) is 4.28. The lowest BCUT2D eigenvalue weighted by Gasteiger charge is -2.31. The van der Waals surface area contributed by atoms with E-state index < -0.39 is 11.7 Å². The van der Waals surface area contributed by atoms with E-state index in [2.05, 4.69) is 5.32 Å². The van der Waals surface area contributed by atoms with Gasteiger partial charge in [0.25, 0.3) is 0 Å². The van der Waals surface area contributed by atoms with E-state index in [0.717, 1.165) is 18.9 Å². The Morgan fingerprint density at radius 1 is 1.17 bits per heavy atom. The fourth-order valence-corrected chi connectivity index (χ4v) is 1.66. The van der Waals surface area contributed by atoms with Crippen LogP contribution in [0.15, 0.2) is 18.2 Å². The number of benzene rings is 1. The van der Waals surface area contributed by atoms with Crippen LogP contribution in [0, 0.1) is 0 Å². The number of nitrogen functional groups attached to an aromatic ring is 1. The first-order valence-corrected chi connectivity index (χ1v) is 5.96. The van der Waals surface area contributed by atoms with E-state index in [0.29, 0.717) is 0 Å².